The maximum atomic E-state index is 12.6. The van der Waals surface area contributed by atoms with E-state index < -0.39 is 0 Å². The lowest BCUT2D eigenvalue weighted by Gasteiger charge is -2.10. The predicted molar refractivity (Wildman–Crippen MR) is 104 cm³/mol. The molecule has 4 rings (SSSR count). The van der Waals surface area contributed by atoms with Gasteiger partial charge in [0.2, 0.25) is 0 Å². The molecule has 7 heteroatoms. The smallest absolute Gasteiger partial charge is 0.196 e. The van der Waals surface area contributed by atoms with Crippen molar-refractivity contribution in [2.45, 2.75) is 0 Å². The highest BCUT2D eigenvalue weighted by Gasteiger charge is 2.14. The number of nitrogens with zero attached hydrogens (tertiary/aromatic N) is 3. The fourth-order valence-corrected chi connectivity index (χ4v) is 2.98. The molecule has 2 aromatic carbocycles. The van der Waals surface area contributed by atoms with Gasteiger partial charge in [-0.15, -0.1) is 0 Å². The minimum Gasteiger partial charge on any atom is -0.508 e. The lowest BCUT2D eigenvalue weighted by Crippen LogP contribution is -2.03. The van der Waals surface area contributed by atoms with Crippen molar-refractivity contribution in [2.24, 2.45) is 0 Å². The van der Waals surface area contributed by atoms with Crippen LogP contribution in [0.15, 0.2) is 67.3 Å². The summed E-state index contributed by atoms with van der Waals surface area (Å²) in [5, 5.41) is 13.9. The van der Waals surface area contributed by atoms with Crippen LogP contribution in [0.5, 0.6) is 5.75 Å². The van der Waals surface area contributed by atoms with Gasteiger partial charge in [0.05, 0.1) is 10.5 Å². The molecule has 2 N–H and O–H groups in total. The number of aromatic nitrogens is 3. The van der Waals surface area contributed by atoms with Crippen molar-refractivity contribution in [3.05, 3.63) is 83.4 Å². The van der Waals surface area contributed by atoms with E-state index in [0.29, 0.717) is 38.6 Å². The molecule has 0 bridgehead atoms. The van der Waals surface area contributed by atoms with Crippen LogP contribution in [-0.4, -0.2) is 25.8 Å². The van der Waals surface area contributed by atoms with Crippen LogP contribution in [0, 0.1) is 0 Å². The summed E-state index contributed by atoms with van der Waals surface area (Å²) in [6.45, 7) is 0. The fraction of sp³-hybridized carbons (Fsp3) is 0. The normalized spacial score (nSPS) is 10.7. The number of halogens is 1. The van der Waals surface area contributed by atoms with Crippen molar-refractivity contribution in [1.29, 1.82) is 0 Å². The average molecular weight is 377 g/mol. The summed E-state index contributed by atoms with van der Waals surface area (Å²) in [6, 6.07) is 13.3. The van der Waals surface area contributed by atoms with Gasteiger partial charge in [-0.25, -0.2) is 9.97 Å². The number of hydrogen-bond acceptors (Lipinski definition) is 6. The summed E-state index contributed by atoms with van der Waals surface area (Å²) in [6.07, 6.45) is 4.54. The zero-order valence-electron chi connectivity index (χ0n) is 13.9. The van der Waals surface area contributed by atoms with Gasteiger partial charge in [-0.05, 0) is 48.5 Å². The Morgan fingerprint density at radius 1 is 1.07 bits per heavy atom. The number of aromatic hydroxyl groups is 1. The topological polar surface area (TPSA) is 88.0 Å². The number of anilines is 2. The van der Waals surface area contributed by atoms with E-state index in [0.717, 1.165) is 0 Å². The first-order valence-electron chi connectivity index (χ1n) is 8.07. The molecule has 0 saturated carbocycles. The molecule has 0 aliphatic carbocycles. The van der Waals surface area contributed by atoms with E-state index in [1.807, 2.05) is 0 Å². The Bertz CT molecular complexity index is 1150. The van der Waals surface area contributed by atoms with Crippen molar-refractivity contribution in [1.82, 2.24) is 15.0 Å². The van der Waals surface area contributed by atoms with Gasteiger partial charge in [-0.2, -0.15) is 0 Å². The molecule has 0 saturated heterocycles. The molecule has 0 radical (unpaired) electrons. The van der Waals surface area contributed by atoms with Crippen LogP contribution in [0.2, 0.25) is 5.02 Å². The first kappa shape index (κ1) is 16.9. The van der Waals surface area contributed by atoms with Crippen LogP contribution in [0.4, 0.5) is 11.5 Å². The molecule has 132 valence electrons. The summed E-state index contributed by atoms with van der Waals surface area (Å²) in [5.74, 6) is 0.450. The quantitative estimate of drug-likeness (QED) is 0.514. The zero-order valence-corrected chi connectivity index (χ0v) is 14.7. The van der Waals surface area contributed by atoms with Gasteiger partial charge in [0, 0.05) is 34.6 Å². The van der Waals surface area contributed by atoms with Crippen LogP contribution in [-0.2, 0) is 0 Å². The van der Waals surface area contributed by atoms with Gasteiger partial charge < -0.3 is 10.4 Å². The van der Waals surface area contributed by atoms with Crippen LogP contribution >= 0.6 is 11.6 Å². The number of carbonyl (C=O) groups is 1. The standard InChI is InChI=1S/C20H13ClN4O2/c21-17-8-13(3-5-15(17)19(27)12-2-1-7-22-10-12)25-20-16-9-14(26)4-6-18(16)23-11-24-20/h1-11,26H,(H,23,24,25). The lowest BCUT2D eigenvalue weighted by atomic mass is 10.0. The number of phenolic OH excluding ortho intramolecular Hbond substituents is 1. The van der Waals surface area contributed by atoms with Gasteiger partial charge in [-0.3, -0.25) is 9.78 Å². The maximum absolute atomic E-state index is 12.6. The molecule has 0 fully saturated rings. The molecule has 0 amide bonds. The molecule has 0 atom stereocenters. The highest BCUT2D eigenvalue weighted by Crippen LogP contribution is 2.29. The number of phenols is 1. The third kappa shape index (κ3) is 3.43. The van der Waals surface area contributed by atoms with Crippen LogP contribution in [0.3, 0.4) is 0 Å². The average Bonchev–Trinajstić information content (AvgIpc) is 2.69. The summed E-state index contributed by atoms with van der Waals surface area (Å²) >= 11 is 6.33. The van der Waals surface area contributed by atoms with Gasteiger partial charge in [0.15, 0.2) is 5.78 Å². The minimum atomic E-state index is -0.197. The Morgan fingerprint density at radius 3 is 2.74 bits per heavy atom. The second-order valence-electron chi connectivity index (χ2n) is 5.81. The first-order valence-corrected chi connectivity index (χ1v) is 8.44. The van der Waals surface area contributed by atoms with Gasteiger partial charge in [-0.1, -0.05) is 11.6 Å². The fourth-order valence-electron chi connectivity index (χ4n) is 2.71. The predicted octanol–water partition coefficient (Wildman–Crippen LogP) is 4.36. The molecule has 2 aromatic heterocycles. The molecular formula is C20H13ClN4O2. The van der Waals surface area contributed by atoms with Gasteiger partial charge in [0.1, 0.15) is 17.9 Å². The van der Waals surface area contributed by atoms with E-state index in [1.165, 1.54) is 12.5 Å². The van der Waals surface area contributed by atoms with E-state index >= 15 is 0 Å². The minimum absolute atomic E-state index is 0.121. The zero-order chi connectivity index (χ0) is 18.8. The van der Waals surface area contributed by atoms with Crippen molar-refractivity contribution in [3.8, 4) is 5.75 Å². The first-order chi connectivity index (χ1) is 13.1. The van der Waals surface area contributed by atoms with Crippen molar-refractivity contribution >= 4 is 39.8 Å². The Morgan fingerprint density at radius 2 is 1.96 bits per heavy atom. The second kappa shape index (κ2) is 7.01. The van der Waals surface area contributed by atoms with Crippen molar-refractivity contribution in [3.63, 3.8) is 0 Å². The van der Waals surface area contributed by atoms with Crippen LogP contribution < -0.4 is 5.32 Å². The van der Waals surface area contributed by atoms with Gasteiger partial charge in [0.25, 0.3) is 0 Å². The van der Waals surface area contributed by atoms with E-state index in [9.17, 15) is 9.90 Å². The number of benzene rings is 2. The molecule has 6 nitrogen and oxygen atoms in total. The van der Waals surface area contributed by atoms with E-state index in [4.69, 9.17) is 11.6 Å². The number of pyridine rings is 1. The Labute approximate surface area is 159 Å². The summed E-state index contributed by atoms with van der Waals surface area (Å²) < 4.78 is 0. The Balaban J connectivity index is 1.66. The number of hydrogen-bond donors (Lipinski definition) is 2. The van der Waals surface area contributed by atoms with Crippen LogP contribution in [0.25, 0.3) is 10.9 Å². The molecule has 0 aliphatic heterocycles. The second-order valence-corrected chi connectivity index (χ2v) is 6.22. The molecule has 0 unspecified atom stereocenters. The van der Waals surface area contributed by atoms with E-state index in [1.54, 1.807) is 54.7 Å². The third-order valence-corrected chi connectivity index (χ3v) is 4.33. The number of nitrogens with one attached hydrogen (secondary N) is 1. The van der Waals surface area contributed by atoms with Crippen molar-refractivity contribution in [2.75, 3.05) is 5.32 Å². The van der Waals surface area contributed by atoms with Gasteiger partial charge >= 0.3 is 0 Å². The molecular weight excluding hydrogens is 364 g/mol. The highest BCUT2D eigenvalue weighted by atomic mass is 35.5. The maximum Gasteiger partial charge on any atom is 0.196 e. The summed E-state index contributed by atoms with van der Waals surface area (Å²) in [5.41, 5.74) is 2.21. The molecule has 0 aliphatic rings. The highest BCUT2D eigenvalue weighted by molar-refractivity contribution is 6.35. The van der Waals surface area contributed by atoms with E-state index in [-0.39, 0.29) is 11.5 Å². The third-order valence-electron chi connectivity index (χ3n) is 4.02. The number of rotatable bonds is 4. The Hall–Kier alpha value is -3.51. The Kier molecular flexibility index (Phi) is 4.40. The number of ketones is 1. The summed E-state index contributed by atoms with van der Waals surface area (Å²) in [7, 11) is 0. The molecule has 4 aromatic rings. The summed E-state index contributed by atoms with van der Waals surface area (Å²) in [4.78, 5) is 24.9. The van der Waals surface area contributed by atoms with Crippen LogP contribution in [0.1, 0.15) is 15.9 Å². The number of fused-ring (bicyclic) bond motifs is 1. The monoisotopic (exact) mass is 376 g/mol. The van der Waals surface area contributed by atoms with Crippen molar-refractivity contribution < 1.29 is 9.90 Å². The molecule has 0 spiro atoms. The SMILES string of the molecule is O=C(c1cccnc1)c1ccc(Nc2ncnc3ccc(O)cc23)cc1Cl. The molecule has 27 heavy (non-hydrogen) atoms. The lowest BCUT2D eigenvalue weighted by molar-refractivity contribution is 0.103. The number of carbonyl (C=O) groups excluding carboxylic acids is 1. The van der Waals surface area contributed by atoms with E-state index in [2.05, 4.69) is 20.3 Å². The molecule has 2 heterocycles. The largest absolute Gasteiger partial charge is 0.508 e.